The first-order valence-corrected chi connectivity index (χ1v) is 9.83. The van der Waals surface area contributed by atoms with Crippen LogP contribution in [0.15, 0.2) is 0 Å². The van der Waals surface area contributed by atoms with Crippen molar-refractivity contribution >= 4 is 12.0 Å². The Balaban J connectivity index is 1.29. The molecule has 0 aliphatic carbocycles. The van der Waals surface area contributed by atoms with E-state index in [0.717, 1.165) is 25.7 Å². The number of ether oxygens (including phenoxy) is 3. The molecule has 3 heterocycles. The Hall–Kier alpha value is -1.38. The summed E-state index contributed by atoms with van der Waals surface area (Å²) in [4.78, 5) is 27.8. The summed E-state index contributed by atoms with van der Waals surface area (Å²) in [5.74, 6) is -0.239. The van der Waals surface area contributed by atoms with Gasteiger partial charge < -0.3 is 29.3 Å². The molecule has 3 aliphatic heterocycles. The summed E-state index contributed by atoms with van der Waals surface area (Å²) in [6.07, 6.45) is 3.60. The van der Waals surface area contributed by atoms with Crippen LogP contribution in [-0.4, -0.2) is 86.2 Å². The highest BCUT2D eigenvalue weighted by Gasteiger charge is 2.40. The molecule has 1 N–H and O–H groups in total. The number of hydrogen-bond donors (Lipinski definition) is 1. The van der Waals surface area contributed by atoms with Crippen molar-refractivity contribution in [3.63, 3.8) is 0 Å². The van der Waals surface area contributed by atoms with Crippen LogP contribution in [0.1, 0.15) is 39.0 Å². The first-order chi connectivity index (χ1) is 12.6. The van der Waals surface area contributed by atoms with Crippen molar-refractivity contribution in [1.82, 2.24) is 15.1 Å². The third-order valence-corrected chi connectivity index (χ3v) is 5.48. The summed E-state index contributed by atoms with van der Waals surface area (Å²) in [5, 5.41) is 3.46. The van der Waals surface area contributed by atoms with Gasteiger partial charge in [0.1, 0.15) is 0 Å². The Kier molecular flexibility index (Phi) is 6.72. The van der Waals surface area contributed by atoms with Crippen LogP contribution in [-0.2, 0) is 19.0 Å². The summed E-state index contributed by atoms with van der Waals surface area (Å²) in [7, 11) is 0. The predicted molar refractivity (Wildman–Crippen MR) is 94.7 cm³/mol. The number of nitrogens with one attached hydrogen (secondary N) is 1. The lowest BCUT2D eigenvalue weighted by molar-refractivity contribution is -0.187. The minimum Gasteiger partial charge on any atom is -0.450 e. The predicted octanol–water partition coefficient (Wildman–Crippen LogP) is 0.953. The monoisotopic (exact) mass is 369 g/mol. The molecule has 3 fully saturated rings. The van der Waals surface area contributed by atoms with E-state index in [-0.39, 0.29) is 12.0 Å². The smallest absolute Gasteiger partial charge is 0.409 e. The molecule has 0 unspecified atom stereocenters. The Morgan fingerprint density at radius 3 is 2.35 bits per heavy atom. The van der Waals surface area contributed by atoms with Gasteiger partial charge in [-0.1, -0.05) is 0 Å². The van der Waals surface area contributed by atoms with Crippen LogP contribution in [0.2, 0.25) is 0 Å². The molecule has 148 valence electrons. The molecule has 0 radical (unpaired) electrons. The average Bonchev–Trinajstić information content (AvgIpc) is 3.11. The molecular formula is C18H31N3O5. The normalized spacial score (nSPS) is 23.4. The minimum absolute atomic E-state index is 0.189. The largest absolute Gasteiger partial charge is 0.450 e. The van der Waals surface area contributed by atoms with E-state index >= 15 is 0 Å². The van der Waals surface area contributed by atoms with Crippen LogP contribution >= 0.6 is 0 Å². The van der Waals surface area contributed by atoms with Crippen LogP contribution in [0.3, 0.4) is 0 Å². The number of likely N-dealkylation sites (tertiary alicyclic amines) is 2. The summed E-state index contributed by atoms with van der Waals surface area (Å²) in [6.45, 7) is 7.05. The van der Waals surface area contributed by atoms with E-state index < -0.39 is 5.79 Å². The number of rotatable bonds is 5. The van der Waals surface area contributed by atoms with Crippen LogP contribution in [0, 0.1) is 0 Å². The molecule has 0 bridgehead atoms. The zero-order valence-corrected chi connectivity index (χ0v) is 15.7. The molecule has 0 atom stereocenters. The van der Waals surface area contributed by atoms with Crippen molar-refractivity contribution in [3.8, 4) is 0 Å². The maximum absolute atomic E-state index is 12.4. The van der Waals surface area contributed by atoms with Crippen molar-refractivity contribution in [1.29, 1.82) is 0 Å². The molecule has 8 nitrogen and oxygen atoms in total. The lowest BCUT2D eigenvalue weighted by atomic mass is 10.0. The van der Waals surface area contributed by atoms with E-state index in [1.54, 1.807) is 4.90 Å². The highest BCUT2D eigenvalue weighted by Crippen LogP contribution is 2.31. The van der Waals surface area contributed by atoms with E-state index in [9.17, 15) is 9.59 Å². The number of carbonyl (C=O) groups excluding carboxylic acids is 2. The summed E-state index contributed by atoms with van der Waals surface area (Å²) in [6, 6.07) is 0.360. The summed E-state index contributed by atoms with van der Waals surface area (Å²) in [5.41, 5.74) is 0. The Morgan fingerprint density at radius 2 is 1.73 bits per heavy atom. The molecule has 1 spiro atoms. The van der Waals surface area contributed by atoms with Gasteiger partial charge in [0.05, 0.1) is 19.8 Å². The number of hydrogen-bond acceptors (Lipinski definition) is 6. The third kappa shape index (κ3) is 4.86. The van der Waals surface area contributed by atoms with Crippen molar-refractivity contribution in [2.24, 2.45) is 0 Å². The second-order valence-corrected chi connectivity index (χ2v) is 7.15. The fraction of sp³-hybridized carbons (Fsp3) is 0.889. The molecule has 2 amide bonds. The zero-order chi connectivity index (χ0) is 18.4. The quantitative estimate of drug-likeness (QED) is 0.777. The molecule has 3 rings (SSSR count). The van der Waals surface area contributed by atoms with Crippen LogP contribution in [0.5, 0.6) is 0 Å². The molecule has 8 heteroatoms. The summed E-state index contributed by atoms with van der Waals surface area (Å²) < 4.78 is 16.4. The van der Waals surface area contributed by atoms with Crippen LogP contribution < -0.4 is 5.32 Å². The van der Waals surface area contributed by atoms with Gasteiger partial charge in [0, 0.05) is 58.0 Å². The van der Waals surface area contributed by atoms with Gasteiger partial charge in [0.15, 0.2) is 5.79 Å². The van der Waals surface area contributed by atoms with Crippen molar-refractivity contribution in [2.45, 2.75) is 50.9 Å². The Labute approximate surface area is 155 Å². The zero-order valence-electron chi connectivity index (χ0n) is 15.7. The second kappa shape index (κ2) is 9.01. The number of carbonyl (C=O) groups is 2. The summed E-state index contributed by atoms with van der Waals surface area (Å²) >= 11 is 0. The number of nitrogens with zero attached hydrogens (tertiary/aromatic N) is 2. The topological polar surface area (TPSA) is 80.3 Å². The van der Waals surface area contributed by atoms with Crippen LogP contribution in [0.4, 0.5) is 4.79 Å². The number of amides is 2. The molecule has 0 saturated carbocycles. The van der Waals surface area contributed by atoms with Gasteiger partial charge in [-0.25, -0.2) is 4.79 Å². The third-order valence-electron chi connectivity index (χ3n) is 5.48. The van der Waals surface area contributed by atoms with Crippen LogP contribution in [0.25, 0.3) is 0 Å². The number of piperidine rings is 2. The van der Waals surface area contributed by atoms with Gasteiger partial charge in [-0.3, -0.25) is 4.79 Å². The Bertz CT molecular complexity index is 477. The molecule has 3 saturated heterocycles. The van der Waals surface area contributed by atoms with E-state index in [0.29, 0.717) is 65.0 Å². The van der Waals surface area contributed by atoms with E-state index in [1.807, 2.05) is 11.8 Å². The average molecular weight is 369 g/mol. The standard InChI is InChI=1S/C18H31N3O5/c1-2-24-17(23)21-9-4-15(5-10-21)19-8-3-16(22)20-11-6-18(7-12-20)25-13-14-26-18/h15,19H,2-14H2,1H3. The lowest BCUT2D eigenvalue weighted by Gasteiger charge is -2.37. The van der Waals surface area contributed by atoms with Gasteiger partial charge in [-0.15, -0.1) is 0 Å². The van der Waals surface area contributed by atoms with Crippen molar-refractivity contribution in [2.75, 3.05) is 52.5 Å². The van der Waals surface area contributed by atoms with Crippen molar-refractivity contribution in [3.05, 3.63) is 0 Å². The highest BCUT2D eigenvalue weighted by molar-refractivity contribution is 5.76. The van der Waals surface area contributed by atoms with Gasteiger partial charge >= 0.3 is 6.09 Å². The van der Waals surface area contributed by atoms with Crippen molar-refractivity contribution < 1.29 is 23.8 Å². The minimum atomic E-state index is -0.429. The van der Waals surface area contributed by atoms with Gasteiger partial charge in [0.25, 0.3) is 0 Å². The second-order valence-electron chi connectivity index (χ2n) is 7.15. The van der Waals surface area contributed by atoms with E-state index in [1.165, 1.54) is 0 Å². The molecule has 3 aliphatic rings. The fourth-order valence-electron chi connectivity index (χ4n) is 3.90. The van der Waals surface area contributed by atoms with Gasteiger partial charge in [0.2, 0.25) is 5.91 Å². The molecule has 0 aromatic heterocycles. The Morgan fingerprint density at radius 1 is 1.08 bits per heavy atom. The van der Waals surface area contributed by atoms with E-state index in [2.05, 4.69) is 5.32 Å². The molecule has 0 aromatic carbocycles. The molecular weight excluding hydrogens is 338 g/mol. The lowest BCUT2D eigenvalue weighted by Crippen LogP contribution is -2.48. The van der Waals surface area contributed by atoms with Gasteiger partial charge in [-0.2, -0.15) is 0 Å². The SMILES string of the molecule is CCOC(=O)N1CCC(NCCC(=O)N2CCC3(CC2)OCCO3)CC1. The first-order valence-electron chi connectivity index (χ1n) is 9.83. The highest BCUT2D eigenvalue weighted by atomic mass is 16.7. The molecule has 26 heavy (non-hydrogen) atoms. The van der Waals surface area contributed by atoms with Gasteiger partial charge in [-0.05, 0) is 19.8 Å². The molecule has 0 aromatic rings. The fourth-order valence-corrected chi connectivity index (χ4v) is 3.90. The maximum Gasteiger partial charge on any atom is 0.409 e. The first kappa shape index (κ1) is 19.4. The maximum atomic E-state index is 12.4. The van der Waals surface area contributed by atoms with E-state index in [4.69, 9.17) is 14.2 Å².